The van der Waals surface area contributed by atoms with Crippen LogP contribution in [0.5, 0.6) is 0 Å². The van der Waals surface area contributed by atoms with Gasteiger partial charge in [-0.1, -0.05) is 46.9 Å². The molecule has 23 heavy (non-hydrogen) atoms. The molecule has 116 valence electrons. The number of nitrogens with zero attached hydrogens (tertiary/aromatic N) is 2. The maximum Gasteiger partial charge on any atom is 0.274 e. The first-order chi connectivity index (χ1) is 11.0. The van der Waals surface area contributed by atoms with Crippen LogP contribution in [0.1, 0.15) is 5.69 Å². The van der Waals surface area contributed by atoms with E-state index in [4.69, 9.17) is 34.8 Å². The zero-order valence-corrected chi connectivity index (χ0v) is 14.2. The Hall–Kier alpha value is -1.88. The highest BCUT2D eigenvalue weighted by molar-refractivity contribution is 6.36. The van der Waals surface area contributed by atoms with Crippen LogP contribution in [0.15, 0.2) is 41.3 Å². The molecule has 0 bridgehead atoms. The van der Waals surface area contributed by atoms with E-state index < -0.39 is 0 Å². The number of halogens is 3. The standard InChI is InChI=1S/C16H10Cl3N3O/c1-8-13(9-2-4-10(17)5-3-9)14(16(23)22-21-8)15-12(19)6-11(18)7-20-15/h2-7H,1H3,(H,22,23). The maximum atomic E-state index is 12.4. The van der Waals surface area contributed by atoms with Crippen molar-refractivity contribution in [3.63, 3.8) is 0 Å². The molecular formula is C16H10Cl3N3O. The average Bonchev–Trinajstić information content (AvgIpc) is 2.51. The second-order valence-electron chi connectivity index (χ2n) is 4.88. The number of pyridine rings is 1. The first-order valence-corrected chi connectivity index (χ1v) is 7.77. The van der Waals surface area contributed by atoms with Gasteiger partial charge in [-0.25, -0.2) is 5.10 Å². The van der Waals surface area contributed by atoms with E-state index >= 15 is 0 Å². The highest BCUT2D eigenvalue weighted by atomic mass is 35.5. The Morgan fingerprint density at radius 3 is 2.35 bits per heavy atom. The van der Waals surface area contributed by atoms with Crippen LogP contribution in [0.3, 0.4) is 0 Å². The summed E-state index contributed by atoms with van der Waals surface area (Å²) in [6.45, 7) is 1.80. The summed E-state index contributed by atoms with van der Waals surface area (Å²) in [7, 11) is 0. The molecular weight excluding hydrogens is 357 g/mol. The lowest BCUT2D eigenvalue weighted by Crippen LogP contribution is -2.15. The Morgan fingerprint density at radius 2 is 1.70 bits per heavy atom. The van der Waals surface area contributed by atoms with Crippen molar-refractivity contribution in [2.45, 2.75) is 6.92 Å². The smallest absolute Gasteiger partial charge is 0.267 e. The minimum Gasteiger partial charge on any atom is -0.267 e. The highest BCUT2D eigenvalue weighted by Crippen LogP contribution is 2.34. The van der Waals surface area contributed by atoms with Crippen LogP contribution >= 0.6 is 34.8 Å². The molecule has 0 saturated carbocycles. The number of aromatic nitrogens is 3. The molecule has 2 heterocycles. The fourth-order valence-electron chi connectivity index (χ4n) is 2.34. The van der Waals surface area contributed by atoms with Gasteiger partial charge in [0.05, 0.1) is 27.0 Å². The number of aromatic amines is 1. The second-order valence-corrected chi connectivity index (χ2v) is 6.16. The Morgan fingerprint density at radius 1 is 1.00 bits per heavy atom. The van der Waals surface area contributed by atoms with E-state index in [1.165, 1.54) is 6.20 Å². The molecule has 3 aromatic rings. The third-order valence-electron chi connectivity index (χ3n) is 3.34. The largest absolute Gasteiger partial charge is 0.274 e. The van der Waals surface area contributed by atoms with Crippen molar-refractivity contribution in [1.82, 2.24) is 15.2 Å². The summed E-state index contributed by atoms with van der Waals surface area (Å²) in [5, 5.41) is 7.81. The summed E-state index contributed by atoms with van der Waals surface area (Å²) in [6, 6.07) is 8.68. The summed E-state index contributed by atoms with van der Waals surface area (Å²) in [5.41, 5.74) is 2.43. The molecule has 2 aromatic heterocycles. The molecule has 0 saturated heterocycles. The maximum absolute atomic E-state index is 12.4. The van der Waals surface area contributed by atoms with Gasteiger partial charge in [0.1, 0.15) is 0 Å². The third kappa shape index (κ3) is 3.11. The summed E-state index contributed by atoms with van der Waals surface area (Å²) in [5.74, 6) is 0. The molecule has 0 aliphatic rings. The highest BCUT2D eigenvalue weighted by Gasteiger charge is 2.19. The third-order valence-corrected chi connectivity index (χ3v) is 4.09. The van der Waals surface area contributed by atoms with E-state index in [1.807, 2.05) is 12.1 Å². The molecule has 1 aromatic carbocycles. The van der Waals surface area contributed by atoms with E-state index in [0.717, 1.165) is 5.56 Å². The lowest BCUT2D eigenvalue weighted by atomic mass is 9.97. The van der Waals surface area contributed by atoms with Gasteiger partial charge >= 0.3 is 0 Å². The SMILES string of the molecule is Cc1n[nH]c(=O)c(-c2ncc(Cl)cc2Cl)c1-c1ccc(Cl)cc1. The van der Waals surface area contributed by atoms with E-state index in [2.05, 4.69) is 15.2 Å². The van der Waals surface area contributed by atoms with Gasteiger partial charge in [-0.15, -0.1) is 0 Å². The van der Waals surface area contributed by atoms with Crippen LogP contribution in [-0.2, 0) is 0 Å². The van der Waals surface area contributed by atoms with E-state index in [-0.39, 0.29) is 5.56 Å². The molecule has 0 unspecified atom stereocenters. The van der Waals surface area contributed by atoms with Gasteiger partial charge in [-0.3, -0.25) is 9.78 Å². The summed E-state index contributed by atoms with van der Waals surface area (Å²) >= 11 is 18.1. The molecule has 0 atom stereocenters. The molecule has 0 amide bonds. The molecule has 0 radical (unpaired) electrons. The fraction of sp³-hybridized carbons (Fsp3) is 0.0625. The Bertz CT molecular complexity index is 936. The van der Waals surface area contributed by atoms with Gasteiger partial charge in [0.2, 0.25) is 0 Å². The van der Waals surface area contributed by atoms with Crippen LogP contribution < -0.4 is 5.56 Å². The van der Waals surface area contributed by atoms with Gasteiger partial charge < -0.3 is 0 Å². The van der Waals surface area contributed by atoms with Gasteiger partial charge in [0.15, 0.2) is 0 Å². The normalized spacial score (nSPS) is 10.8. The number of rotatable bonds is 2. The predicted molar refractivity (Wildman–Crippen MR) is 93.3 cm³/mol. The van der Waals surface area contributed by atoms with Crippen molar-refractivity contribution >= 4 is 34.8 Å². The first-order valence-electron chi connectivity index (χ1n) is 6.64. The van der Waals surface area contributed by atoms with Crippen molar-refractivity contribution in [2.24, 2.45) is 0 Å². The molecule has 3 rings (SSSR count). The summed E-state index contributed by atoms with van der Waals surface area (Å²) in [6.07, 6.45) is 1.45. The number of aryl methyl sites for hydroxylation is 1. The zero-order valence-electron chi connectivity index (χ0n) is 11.9. The monoisotopic (exact) mass is 365 g/mol. The Kier molecular flexibility index (Phi) is 4.39. The van der Waals surface area contributed by atoms with Gasteiger partial charge in [0, 0.05) is 16.8 Å². The van der Waals surface area contributed by atoms with Crippen LogP contribution in [0.25, 0.3) is 22.4 Å². The molecule has 0 aliphatic heterocycles. The van der Waals surface area contributed by atoms with E-state index in [9.17, 15) is 4.79 Å². The molecule has 7 heteroatoms. The topological polar surface area (TPSA) is 58.6 Å². The summed E-state index contributed by atoms with van der Waals surface area (Å²) in [4.78, 5) is 16.6. The number of hydrogen-bond donors (Lipinski definition) is 1. The van der Waals surface area contributed by atoms with Gasteiger partial charge in [0.25, 0.3) is 5.56 Å². The van der Waals surface area contributed by atoms with Crippen molar-refractivity contribution in [3.8, 4) is 22.4 Å². The zero-order chi connectivity index (χ0) is 16.6. The van der Waals surface area contributed by atoms with E-state index in [0.29, 0.717) is 37.6 Å². The van der Waals surface area contributed by atoms with Crippen LogP contribution in [-0.4, -0.2) is 15.2 Å². The molecule has 1 N–H and O–H groups in total. The predicted octanol–water partition coefficient (Wildman–Crippen LogP) is 4.77. The van der Waals surface area contributed by atoms with Gasteiger partial charge in [-0.2, -0.15) is 5.10 Å². The quantitative estimate of drug-likeness (QED) is 0.711. The molecule has 0 aliphatic carbocycles. The van der Waals surface area contributed by atoms with Crippen molar-refractivity contribution in [3.05, 3.63) is 67.6 Å². The van der Waals surface area contributed by atoms with Crippen LogP contribution in [0, 0.1) is 6.92 Å². The number of hydrogen-bond acceptors (Lipinski definition) is 3. The molecule has 0 fully saturated rings. The van der Waals surface area contributed by atoms with E-state index in [1.54, 1.807) is 25.1 Å². The minimum atomic E-state index is -0.378. The van der Waals surface area contributed by atoms with Crippen LogP contribution in [0.4, 0.5) is 0 Å². The number of nitrogens with one attached hydrogen (secondary N) is 1. The van der Waals surface area contributed by atoms with Crippen molar-refractivity contribution in [2.75, 3.05) is 0 Å². The average molecular weight is 367 g/mol. The lowest BCUT2D eigenvalue weighted by molar-refractivity contribution is 0.950. The Balaban J connectivity index is 2.34. The first kappa shape index (κ1) is 16.0. The molecule has 0 spiro atoms. The number of benzene rings is 1. The lowest BCUT2D eigenvalue weighted by Gasteiger charge is -2.12. The van der Waals surface area contributed by atoms with Gasteiger partial charge in [-0.05, 0) is 30.7 Å². The summed E-state index contributed by atoms with van der Waals surface area (Å²) < 4.78 is 0. The Labute approximate surface area is 147 Å². The van der Waals surface area contributed by atoms with Crippen molar-refractivity contribution in [1.29, 1.82) is 0 Å². The fourth-order valence-corrected chi connectivity index (χ4v) is 2.94. The molecule has 4 nitrogen and oxygen atoms in total. The second kappa shape index (κ2) is 6.32. The number of H-pyrrole nitrogens is 1. The minimum absolute atomic E-state index is 0.295. The van der Waals surface area contributed by atoms with Crippen LogP contribution in [0.2, 0.25) is 15.1 Å². The van der Waals surface area contributed by atoms with Crippen molar-refractivity contribution < 1.29 is 0 Å².